The van der Waals surface area contributed by atoms with Crippen LogP contribution in [0.3, 0.4) is 0 Å². The number of aromatic nitrogens is 1. The molecule has 1 N–H and O–H groups in total. The van der Waals surface area contributed by atoms with E-state index in [0.29, 0.717) is 12.2 Å². The van der Waals surface area contributed by atoms with Gasteiger partial charge in [-0.25, -0.2) is 4.90 Å². The van der Waals surface area contributed by atoms with Gasteiger partial charge in [0.05, 0.1) is 19.2 Å². The highest BCUT2D eigenvalue weighted by Gasteiger charge is 2.44. The fourth-order valence-electron chi connectivity index (χ4n) is 2.81. The van der Waals surface area contributed by atoms with Gasteiger partial charge in [-0.2, -0.15) is 0 Å². The van der Waals surface area contributed by atoms with Crippen molar-refractivity contribution in [3.05, 3.63) is 60.4 Å². The Labute approximate surface area is 129 Å². The van der Waals surface area contributed by atoms with Crippen molar-refractivity contribution in [2.45, 2.75) is 19.0 Å². The largest absolute Gasteiger partial charge is 0.323 e. The fourth-order valence-corrected chi connectivity index (χ4v) is 2.81. The molecular formula is C17H18N3O2+. The summed E-state index contributed by atoms with van der Waals surface area (Å²) in [7, 11) is 1.95. The van der Waals surface area contributed by atoms with Crippen molar-refractivity contribution < 1.29 is 14.5 Å². The van der Waals surface area contributed by atoms with Crippen molar-refractivity contribution in [1.82, 2.24) is 4.98 Å². The van der Waals surface area contributed by atoms with Gasteiger partial charge in [0.15, 0.2) is 6.04 Å². The van der Waals surface area contributed by atoms with E-state index < -0.39 is 0 Å². The number of imide groups is 1. The first-order valence-corrected chi connectivity index (χ1v) is 7.30. The lowest BCUT2D eigenvalue weighted by molar-refractivity contribution is -0.908. The average molecular weight is 296 g/mol. The first-order valence-electron chi connectivity index (χ1n) is 7.30. The summed E-state index contributed by atoms with van der Waals surface area (Å²) in [5.74, 6) is -0.252. The van der Waals surface area contributed by atoms with E-state index in [4.69, 9.17) is 0 Å². The van der Waals surface area contributed by atoms with Crippen LogP contribution in [0.1, 0.15) is 12.0 Å². The predicted molar refractivity (Wildman–Crippen MR) is 82.2 cm³/mol. The number of hydrogen-bond donors (Lipinski definition) is 1. The van der Waals surface area contributed by atoms with Crippen LogP contribution in [-0.4, -0.2) is 29.9 Å². The number of pyridine rings is 1. The number of para-hydroxylation sites is 1. The zero-order valence-electron chi connectivity index (χ0n) is 12.4. The molecule has 1 aliphatic rings. The molecule has 0 radical (unpaired) electrons. The van der Waals surface area contributed by atoms with Crippen molar-refractivity contribution in [1.29, 1.82) is 0 Å². The second kappa shape index (κ2) is 6.07. The third kappa shape index (κ3) is 2.76. The van der Waals surface area contributed by atoms with E-state index in [1.165, 1.54) is 4.90 Å². The Hall–Kier alpha value is -2.53. The molecule has 0 bridgehead atoms. The standard InChI is InChI=1S/C17H17N3O2/c1-19(12-13-7-9-18-10-8-13)15-11-16(21)20(17(15)22)14-5-3-2-4-6-14/h2-10,15H,11-12H2,1H3/p+1/t15-/m0/s1. The maximum Gasteiger partial charge on any atom is 0.292 e. The number of quaternary nitrogens is 1. The van der Waals surface area contributed by atoms with Crippen LogP contribution in [0.4, 0.5) is 5.69 Å². The van der Waals surface area contributed by atoms with Crippen LogP contribution < -0.4 is 9.80 Å². The van der Waals surface area contributed by atoms with Crippen LogP contribution in [-0.2, 0) is 16.1 Å². The molecule has 0 saturated carbocycles. The zero-order valence-corrected chi connectivity index (χ0v) is 12.4. The molecule has 1 aliphatic heterocycles. The Morgan fingerprint density at radius 1 is 1.14 bits per heavy atom. The molecular weight excluding hydrogens is 278 g/mol. The van der Waals surface area contributed by atoms with Gasteiger partial charge in [-0.3, -0.25) is 14.6 Å². The van der Waals surface area contributed by atoms with Crippen LogP contribution in [0.5, 0.6) is 0 Å². The molecule has 112 valence electrons. The van der Waals surface area contributed by atoms with Gasteiger partial charge >= 0.3 is 0 Å². The van der Waals surface area contributed by atoms with Crippen molar-refractivity contribution >= 4 is 17.5 Å². The van der Waals surface area contributed by atoms with E-state index in [-0.39, 0.29) is 24.3 Å². The number of nitrogens with zero attached hydrogens (tertiary/aromatic N) is 2. The average Bonchev–Trinajstić information content (AvgIpc) is 2.84. The molecule has 1 fully saturated rings. The lowest BCUT2D eigenvalue weighted by Gasteiger charge is -2.20. The Kier molecular flexibility index (Phi) is 3.98. The minimum absolute atomic E-state index is 0.122. The van der Waals surface area contributed by atoms with Gasteiger partial charge in [0.25, 0.3) is 5.91 Å². The van der Waals surface area contributed by atoms with Crippen molar-refractivity contribution in [2.24, 2.45) is 0 Å². The molecule has 5 nitrogen and oxygen atoms in total. The van der Waals surface area contributed by atoms with Crippen LogP contribution in [0.15, 0.2) is 54.9 Å². The van der Waals surface area contributed by atoms with Gasteiger partial charge in [-0.1, -0.05) is 18.2 Å². The zero-order chi connectivity index (χ0) is 15.5. The fraction of sp³-hybridized carbons (Fsp3) is 0.235. The molecule has 22 heavy (non-hydrogen) atoms. The van der Waals surface area contributed by atoms with Gasteiger partial charge in [0, 0.05) is 18.0 Å². The summed E-state index contributed by atoms with van der Waals surface area (Å²) in [4.78, 5) is 31.2. The third-order valence-electron chi connectivity index (χ3n) is 3.99. The van der Waals surface area contributed by atoms with E-state index in [9.17, 15) is 9.59 Å². The van der Waals surface area contributed by atoms with Gasteiger partial charge < -0.3 is 4.90 Å². The number of anilines is 1. The number of carbonyl (C=O) groups excluding carboxylic acids is 2. The SMILES string of the molecule is C[NH+](Cc1ccncc1)[C@H]1CC(=O)N(c2ccccc2)C1=O. The molecule has 1 saturated heterocycles. The van der Waals surface area contributed by atoms with Crippen molar-refractivity contribution in [3.8, 4) is 0 Å². The first kappa shape index (κ1) is 14.4. The Morgan fingerprint density at radius 2 is 1.82 bits per heavy atom. The molecule has 2 heterocycles. The molecule has 1 aromatic heterocycles. The van der Waals surface area contributed by atoms with E-state index in [0.717, 1.165) is 10.5 Å². The van der Waals surface area contributed by atoms with E-state index in [2.05, 4.69) is 4.98 Å². The quantitative estimate of drug-likeness (QED) is 0.833. The van der Waals surface area contributed by atoms with Gasteiger partial charge in [0.1, 0.15) is 6.54 Å². The van der Waals surface area contributed by atoms with Crippen LogP contribution in [0.2, 0.25) is 0 Å². The van der Waals surface area contributed by atoms with E-state index >= 15 is 0 Å². The topological polar surface area (TPSA) is 54.7 Å². The van der Waals surface area contributed by atoms with Gasteiger partial charge in [-0.05, 0) is 24.3 Å². The summed E-state index contributed by atoms with van der Waals surface area (Å²) in [5.41, 5.74) is 1.75. The van der Waals surface area contributed by atoms with E-state index in [1.54, 1.807) is 24.5 Å². The molecule has 0 spiro atoms. The summed E-state index contributed by atoms with van der Waals surface area (Å²) in [6.07, 6.45) is 3.73. The highest BCUT2D eigenvalue weighted by molar-refractivity contribution is 6.21. The first-order chi connectivity index (χ1) is 10.7. The minimum Gasteiger partial charge on any atom is -0.323 e. The van der Waals surface area contributed by atoms with Crippen molar-refractivity contribution in [2.75, 3.05) is 11.9 Å². The molecule has 3 rings (SSSR count). The van der Waals surface area contributed by atoms with E-state index in [1.807, 2.05) is 37.4 Å². The highest BCUT2D eigenvalue weighted by atomic mass is 16.2. The summed E-state index contributed by atoms with van der Waals surface area (Å²) < 4.78 is 0. The molecule has 1 unspecified atom stereocenters. The summed E-state index contributed by atoms with van der Waals surface area (Å²) >= 11 is 0. The Morgan fingerprint density at radius 3 is 2.50 bits per heavy atom. The number of hydrogen-bond acceptors (Lipinski definition) is 3. The molecule has 0 aliphatic carbocycles. The lowest BCUT2D eigenvalue weighted by Crippen LogP contribution is -3.12. The maximum absolute atomic E-state index is 12.6. The normalized spacial score (nSPS) is 19.5. The minimum atomic E-state index is -0.333. The number of rotatable bonds is 4. The third-order valence-corrected chi connectivity index (χ3v) is 3.99. The number of likely N-dealkylation sites (N-methyl/N-ethyl adjacent to an activating group) is 1. The second-order valence-corrected chi connectivity index (χ2v) is 5.54. The molecule has 5 heteroatoms. The number of amides is 2. The molecule has 2 amide bonds. The Balaban J connectivity index is 1.76. The summed E-state index contributed by atoms with van der Waals surface area (Å²) in [6, 6.07) is 12.6. The summed E-state index contributed by atoms with van der Waals surface area (Å²) in [6.45, 7) is 0.689. The summed E-state index contributed by atoms with van der Waals surface area (Å²) in [5, 5.41) is 0. The predicted octanol–water partition coefficient (Wildman–Crippen LogP) is 0.428. The highest BCUT2D eigenvalue weighted by Crippen LogP contribution is 2.21. The van der Waals surface area contributed by atoms with Crippen LogP contribution >= 0.6 is 0 Å². The van der Waals surface area contributed by atoms with Crippen molar-refractivity contribution in [3.63, 3.8) is 0 Å². The molecule has 2 aromatic rings. The number of benzene rings is 1. The number of nitrogens with one attached hydrogen (secondary N) is 1. The van der Waals surface area contributed by atoms with Crippen LogP contribution in [0, 0.1) is 0 Å². The smallest absolute Gasteiger partial charge is 0.292 e. The second-order valence-electron chi connectivity index (χ2n) is 5.54. The lowest BCUT2D eigenvalue weighted by atomic mass is 10.2. The van der Waals surface area contributed by atoms with Gasteiger partial charge in [-0.15, -0.1) is 0 Å². The Bertz CT molecular complexity index is 673. The van der Waals surface area contributed by atoms with Crippen LogP contribution in [0.25, 0.3) is 0 Å². The maximum atomic E-state index is 12.6. The monoisotopic (exact) mass is 296 g/mol. The molecule has 2 atom stereocenters. The number of carbonyl (C=O) groups is 2. The van der Waals surface area contributed by atoms with Gasteiger partial charge in [0.2, 0.25) is 5.91 Å². The molecule has 1 aromatic carbocycles.